The van der Waals surface area contributed by atoms with Crippen molar-refractivity contribution in [2.45, 2.75) is 26.7 Å². The molecule has 0 aliphatic carbocycles. The van der Waals surface area contributed by atoms with Crippen LogP contribution in [0, 0.1) is 0 Å². The molecule has 0 saturated carbocycles. The molecule has 0 aliphatic heterocycles. The molecule has 0 bridgehead atoms. The fourth-order valence-corrected chi connectivity index (χ4v) is 2.54. The van der Waals surface area contributed by atoms with Gasteiger partial charge in [0.2, 0.25) is 0 Å². The second-order valence-electron chi connectivity index (χ2n) is 4.43. The van der Waals surface area contributed by atoms with Gasteiger partial charge >= 0.3 is 0 Å². The Morgan fingerprint density at radius 2 is 2.05 bits per heavy atom. The number of anilines is 1. The Kier molecular flexibility index (Phi) is 6.57. The van der Waals surface area contributed by atoms with Crippen LogP contribution < -0.4 is 10.6 Å². The third-order valence-electron chi connectivity index (χ3n) is 3.18. The first kappa shape index (κ1) is 16.6. The Morgan fingerprint density at radius 1 is 1.35 bits per heavy atom. The number of aromatic nitrogens is 2. The van der Waals surface area contributed by atoms with Crippen molar-refractivity contribution in [1.29, 1.82) is 0 Å². The van der Waals surface area contributed by atoms with Crippen LogP contribution in [0.3, 0.4) is 0 Å². The van der Waals surface area contributed by atoms with Gasteiger partial charge in [-0.2, -0.15) is 16.9 Å². The minimum atomic E-state index is 0.0949. The quantitative estimate of drug-likeness (QED) is 0.343. The average molecular weight is 297 g/mol. The summed E-state index contributed by atoms with van der Waals surface area (Å²) in [5.74, 6) is 1.74. The number of nitrogens with two attached hydrogens (primary N) is 1. The molecule has 1 heterocycles. The Morgan fingerprint density at radius 3 is 2.55 bits per heavy atom. The lowest BCUT2D eigenvalue weighted by molar-refractivity contribution is 0.318. The van der Waals surface area contributed by atoms with Crippen LogP contribution in [-0.2, 0) is 12.8 Å². The number of hydrogen-bond donors (Lipinski definition) is 2. The number of amidine groups is 1. The summed E-state index contributed by atoms with van der Waals surface area (Å²) in [5.41, 5.74) is 8.46. The SMILES string of the molecule is CCc1nnc(N(C)CCSC)c(C(N)=NO)c1CC. The molecule has 0 aromatic carbocycles. The van der Waals surface area contributed by atoms with E-state index >= 15 is 0 Å². The largest absolute Gasteiger partial charge is 0.409 e. The van der Waals surface area contributed by atoms with Crippen LogP contribution in [0.1, 0.15) is 30.7 Å². The van der Waals surface area contributed by atoms with Crippen molar-refractivity contribution in [2.24, 2.45) is 10.9 Å². The highest BCUT2D eigenvalue weighted by Crippen LogP contribution is 2.23. The molecule has 0 amide bonds. The normalized spacial score (nSPS) is 11.7. The molecule has 3 N–H and O–H groups in total. The number of oxime groups is 1. The molecule has 7 heteroatoms. The molecule has 112 valence electrons. The molecule has 0 saturated heterocycles. The second-order valence-corrected chi connectivity index (χ2v) is 5.42. The van der Waals surface area contributed by atoms with Gasteiger partial charge in [-0.3, -0.25) is 0 Å². The van der Waals surface area contributed by atoms with Crippen LogP contribution in [0.2, 0.25) is 0 Å². The maximum atomic E-state index is 9.05. The summed E-state index contributed by atoms with van der Waals surface area (Å²) in [6, 6.07) is 0. The zero-order valence-electron chi connectivity index (χ0n) is 12.6. The average Bonchev–Trinajstić information content (AvgIpc) is 2.49. The Labute approximate surface area is 124 Å². The van der Waals surface area contributed by atoms with Crippen LogP contribution in [0.25, 0.3) is 0 Å². The maximum absolute atomic E-state index is 9.05. The Balaban J connectivity index is 3.36. The molecule has 6 nitrogen and oxygen atoms in total. The summed E-state index contributed by atoms with van der Waals surface area (Å²) >= 11 is 1.76. The molecule has 0 fully saturated rings. The van der Waals surface area contributed by atoms with Gasteiger partial charge in [-0.15, -0.1) is 5.10 Å². The van der Waals surface area contributed by atoms with Crippen molar-refractivity contribution in [3.05, 3.63) is 16.8 Å². The van der Waals surface area contributed by atoms with Crippen molar-refractivity contribution in [2.75, 3.05) is 30.5 Å². The Hall–Kier alpha value is -1.50. The highest BCUT2D eigenvalue weighted by molar-refractivity contribution is 7.98. The standard InChI is InChI=1S/C13H23N5OS/c1-5-9-10(6-2)15-16-13(11(9)12(14)17-19)18(3)7-8-20-4/h19H,5-8H2,1-4H3,(H2,14,17). The maximum Gasteiger partial charge on any atom is 0.174 e. The van der Waals surface area contributed by atoms with E-state index in [2.05, 4.69) is 21.6 Å². The molecule has 1 rings (SSSR count). The van der Waals surface area contributed by atoms with Gasteiger partial charge in [0, 0.05) is 19.3 Å². The van der Waals surface area contributed by atoms with Gasteiger partial charge in [0.25, 0.3) is 0 Å². The van der Waals surface area contributed by atoms with Crippen molar-refractivity contribution in [3.63, 3.8) is 0 Å². The first-order valence-corrected chi connectivity index (χ1v) is 8.06. The molecule has 0 aliphatic rings. The number of rotatable bonds is 7. The predicted molar refractivity (Wildman–Crippen MR) is 85.0 cm³/mol. The molecular weight excluding hydrogens is 274 g/mol. The van der Waals surface area contributed by atoms with Crippen molar-refractivity contribution >= 4 is 23.4 Å². The molecule has 0 spiro atoms. The van der Waals surface area contributed by atoms with Gasteiger partial charge in [-0.25, -0.2) is 0 Å². The van der Waals surface area contributed by atoms with Gasteiger partial charge in [-0.1, -0.05) is 19.0 Å². The summed E-state index contributed by atoms with van der Waals surface area (Å²) < 4.78 is 0. The van der Waals surface area contributed by atoms with Crippen LogP contribution in [0.4, 0.5) is 5.82 Å². The number of thioether (sulfide) groups is 1. The lowest BCUT2D eigenvalue weighted by atomic mass is 10.0. The minimum absolute atomic E-state index is 0.0949. The van der Waals surface area contributed by atoms with Gasteiger partial charge in [0.05, 0.1) is 11.3 Å². The van der Waals surface area contributed by atoms with E-state index in [1.165, 1.54) is 0 Å². The zero-order chi connectivity index (χ0) is 15.1. The molecule has 0 unspecified atom stereocenters. The van der Waals surface area contributed by atoms with E-state index in [4.69, 9.17) is 10.9 Å². The smallest absolute Gasteiger partial charge is 0.174 e. The third kappa shape index (κ3) is 3.53. The summed E-state index contributed by atoms with van der Waals surface area (Å²) in [7, 11) is 1.94. The minimum Gasteiger partial charge on any atom is -0.409 e. The van der Waals surface area contributed by atoms with Crippen LogP contribution in [-0.4, -0.2) is 46.8 Å². The van der Waals surface area contributed by atoms with Crippen molar-refractivity contribution < 1.29 is 5.21 Å². The van der Waals surface area contributed by atoms with Crippen LogP contribution >= 0.6 is 11.8 Å². The van der Waals surface area contributed by atoms with Crippen LogP contribution in [0.15, 0.2) is 5.16 Å². The summed E-state index contributed by atoms with van der Waals surface area (Å²) in [6.07, 6.45) is 3.60. The van der Waals surface area contributed by atoms with E-state index in [0.717, 1.165) is 36.4 Å². The molecule has 1 aromatic rings. The van der Waals surface area contributed by atoms with E-state index in [1.807, 2.05) is 25.8 Å². The van der Waals surface area contributed by atoms with Gasteiger partial charge in [0.15, 0.2) is 11.7 Å². The zero-order valence-corrected chi connectivity index (χ0v) is 13.4. The molecule has 1 aromatic heterocycles. The van der Waals surface area contributed by atoms with Gasteiger partial charge < -0.3 is 15.8 Å². The van der Waals surface area contributed by atoms with E-state index in [-0.39, 0.29) is 5.84 Å². The number of nitrogens with zero attached hydrogens (tertiary/aromatic N) is 4. The summed E-state index contributed by atoms with van der Waals surface area (Å²) in [6.45, 7) is 4.89. The first-order chi connectivity index (χ1) is 9.60. The predicted octanol–water partition coefficient (Wildman–Crippen LogP) is 1.50. The van der Waals surface area contributed by atoms with E-state index in [1.54, 1.807) is 11.8 Å². The molecule has 0 atom stereocenters. The lowest BCUT2D eigenvalue weighted by Crippen LogP contribution is -2.28. The number of aryl methyl sites for hydroxylation is 1. The van der Waals surface area contributed by atoms with Crippen molar-refractivity contribution in [1.82, 2.24) is 10.2 Å². The fourth-order valence-electron chi connectivity index (χ4n) is 2.08. The monoisotopic (exact) mass is 297 g/mol. The van der Waals surface area contributed by atoms with E-state index in [0.29, 0.717) is 11.4 Å². The Bertz CT molecular complexity index is 478. The second kappa shape index (κ2) is 7.94. The first-order valence-electron chi connectivity index (χ1n) is 6.66. The third-order valence-corrected chi connectivity index (χ3v) is 3.77. The number of hydrogen-bond acceptors (Lipinski definition) is 6. The van der Waals surface area contributed by atoms with Gasteiger partial charge in [0.1, 0.15) is 0 Å². The molecular formula is C13H23N5OS. The summed E-state index contributed by atoms with van der Waals surface area (Å²) in [5, 5.41) is 20.8. The van der Waals surface area contributed by atoms with E-state index < -0.39 is 0 Å². The topological polar surface area (TPSA) is 87.6 Å². The van der Waals surface area contributed by atoms with Gasteiger partial charge in [-0.05, 0) is 24.7 Å². The summed E-state index contributed by atoms with van der Waals surface area (Å²) in [4.78, 5) is 2.00. The highest BCUT2D eigenvalue weighted by Gasteiger charge is 2.20. The highest BCUT2D eigenvalue weighted by atomic mass is 32.2. The van der Waals surface area contributed by atoms with Crippen molar-refractivity contribution in [3.8, 4) is 0 Å². The van der Waals surface area contributed by atoms with E-state index in [9.17, 15) is 0 Å². The molecule has 20 heavy (non-hydrogen) atoms. The van der Waals surface area contributed by atoms with Crippen LogP contribution in [0.5, 0.6) is 0 Å². The fraction of sp³-hybridized carbons (Fsp3) is 0.615. The molecule has 0 radical (unpaired) electrons. The lowest BCUT2D eigenvalue weighted by Gasteiger charge is -2.22.